The van der Waals surface area contributed by atoms with E-state index in [0.717, 1.165) is 62.1 Å². The van der Waals surface area contributed by atoms with Crippen LogP contribution in [0.2, 0.25) is 0 Å². The minimum absolute atomic E-state index is 0.0341. The van der Waals surface area contributed by atoms with Crippen LogP contribution in [0.4, 0.5) is 11.8 Å². The molecule has 0 radical (unpaired) electrons. The van der Waals surface area contributed by atoms with Gasteiger partial charge in [0.2, 0.25) is 11.8 Å². The van der Waals surface area contributed by atoms with Crippen molar-refractivity contribution in [1.29, 1.82) is 5.26 Å². The molecule has 7 rings (SSSR count). The van der Waals surface area contributed by atoms with Crippen LogP contribution in [0.15, 0.2) is 24.5 Å². The number of hydrogen-bond donors (Lipinski definition) is 4. The summed E-state index contributed by atoms with van der Waals surface area (Å²) in [5, 5.41) is 31.1. The fourth-order valence-electron chi connectivity index (χ4n) is 8.57. The van der Waals surface area contributed by atoms with Gasteiger partial charge in [-0.15, -0.1) is 0 Å². The third-order valence-electron chi connectivity index (χ3n) is 10.4. The van der Waals surface area contributed by atoms with Crippen molar-refractivity contribution in [3.05, 3.63) is 35.7 Å². The Balaban J connectivity index is 1.07. The number of nitrogens with zero attached hydrogens (tertiary/aromatic N) is 4. The Kier molecular flexibility index (Phi) is 8.30. The normalized spacial score (nSPS) is 33.4. The summed E-state index contributed by atoms with van der Waals surface area (Å²) in [5.41, 5.74) is 1.21. The van der Waals surface area contributed by atoms with E-state index in [0.29, 0.717) is 41.7 Å². The number of hydrogen-bond acceptors (Lipinski definition) is 9. The van der Waals surface area contributed by atoms with Crippen LogP contribution in [0.1, 0.15) is 89.7 Å². The minimum atomic E-state index is -0.463. The first-order valence-electron chi connectivity index (χ1n) is 16.0. The molecule has 4 N–H and O–H groups in total. The van der Waals surface area contributed by atoms with E-state index in [1.807, 2.05) is 32.9 Å². The number of nitrogens with one attached hydrogen (secondary N) is 3. The lowest BCUT2D eigenvalue weighted by Gasteiger charge is -2.60. The molecule has 0 aliphatic heterocycles. The molecule has 5 fully saturated rings. The standard InChI is InChI=1S/C33H47N7O2/c1-21(2)42-30-24(5-4-10-35-30)18-37-31-38-19-27(16-34)29(40-31)39-20-33-13-23-11-25(14-33)28(26(12-23)15-33)36-17-22-6-8-32(3,41)9-7-22/h4-5,10,19,21-23,25-26,28,36,41H,6-9,11-15,17-18,20H2,1-3H3,(H2,37,38,39,40)/t22?,23?,25-,26+,28?,32?,33?. The van der Waals surface area contributed by atoms with Crippen molar-refractivity contribution in [2.45, 2.75) is 103 Å². The average molecular weight is 574 g/mol. The van der Waals surface area contributed by atoms with E-state index in [4.69, 9.17) is 9.72 Å². The summed E-state index contributed by atoms with van der Waals surface area (Å²) in [5.74, 6) is 4.65. The lowest BCUT2D eigenvalue weighted by atomic mass is 9.48. The molecule has 2 heterocycles. The molecule has 9 nitrogen and oxygen atoms in total. The van der Waals surface area contributed by atoms with Crippen LogP contribution < -0.4 is 20.7 Å². The Morgan fingerprint density at radius 2 is 1.88 bits per heavy atom. The monoisotopic (exact) mass is 573 g/mol. The van der Waals surface area contributed by atoms with E-state index in [9.17, 15) is 10.4 Å². The van der Waals surface area contributed by atoms with E-state index >= 15 is 0 Å². The molecule has 5 atom stereocenters. The highest BCUT2D eigenvalue weighted by atomic mass is 16.5. The van der Waals surface area contributed by atoms with Crippen LogP contribution in [0.25, 0.3) is 0 Å². The van der Waals surface area contributed by atoms with Crippen molar-refractivity contribution in [2.24, 2.45) is 29.1 Å². The van der Waals surface area contributed by atoms with Gasteiger partial charge < -0.3 is 25.8 Å². The predicted octanol–water partition coefficient (Wildman–Crippen LogP) is 5.28. The average Bonchev–Trinajstić information content (AvgIpc) is 2.95. The summed E-state index contributed by atoms with van der Waals surface area (Å²) < 4.78 is 5.85. The minimum Gasteiger partial charge on any atom is -0.475 e. The second-order valence-corrected chi connectivity index (χ2v) is 14.3. The molecule has 5 saturated carbocycles. The SMILES string of the molecule is CC(C)Oc1ncccc1CNc1ncc(C#N)c(NCC23CC4C[C@H](C2)C(NCC2CCC(C)(O)CC2)[C@@H](C4)C3)n1. The number of nitriles is 1. The van der Waals surface area contributed by atoms with Crippen LogP contribution in [-0.2, 0) is 6.54 Å². The van der Waals surface area contributed by atoms with Gasteiger partial charge >= 0.3 is 0 Å². The van der Waals surface area contributed by atoms with Crippen molar-refractivity contribution in [3.8, 4) is 11.9 Å². The summed E-state index contributed by atoms with van der Waals surface area (Å²) in [7, 11) is 0. The molecule has 226 valence electrons. The topological polar surface area (TPSA) is 128 Å². The van der Waals surface area contributed by atoms with Crippen molar-refractivity contribution in [2.75, 3.05) is 23.7 Å². The van der Waals surface area contributed by atoms with Crippen molar-refractivity contribution in [3.63, 3.8) is 0 Å². The van der Waals surface area contributed by atoms with Crippen LogP contribution >= 0.6 is 0 Å². The van der Waals surface area contributed by atoms with E-state index in [1.54, 1.807) is 12.4 Å². The molecular weight excluding hydrogens is 526 g/mol. The Hall–Kier alpha value is -2.96. The Bertz CT molecular complexity index is 1270. The summed E-state index contributed by atoms with van der Waals surface area (Å²) in [4.78, 5) is 13.5. The maximum absolute atomic E-state index is 10.3. The number of aliphatic hydroxyl groups is 1. The van der Waals surface area contributed by atoms with Gasteiger partial charge in [0.05, 0.1) is 17.9 Å². The van der Waals surface area contributed by atoms with Gasteiger partial charge in [-0.1, -0.05) is 6.07 Å². The third-order valence-corrected chi connectivity index (χ3v) is 10.4. The van der Waals surface area contributed by atoms with Gasteiger partial charge in [-0.05, 0) is 120 Å². The highest BCUT2D eigenvalue weighted by Crippen LogP contribution is 2.60. The van der Waals surface area contributed by atoms with E-state index in [-0.39, 0.29) is 11.5 Å². The molecule has 2 aromatic rings. The third kappa shape index (κ3) is 6.50. The highest BCUT2D eigenvalue weighted by Gasteiger charge is 2.55. The zero-order valence-corrected chi connectivity index (χ0v) is 25.4. The van der Waals surface area contributed by atoms with E-state index < -0.39 is 5.60 Å². The first-order chi connectivity index (χ1) is 20.2. The second kappa shape index (κ2) is 12.0. The fourth-order valence-corrected chi connectivity index (χ4v) is 8.57. The number of ether oxygens (including phenoxy) is 1. The molecule has 0 aromatic carbocycles. The molecule has 42 heavy (non-hydrogen) atoms. The van der Waals surface area contributed by atoms with Crippen LogP contribution in [-0.4, -0.2) is 50.9 Å². The van der Waals surface area contributed by atoms with Crippen molar-refractivity contribution < 1.29 is 9.84 Å². The molecule has 9 heteroatoms. The van der Waals surface area contributed by atoms with Crippen LogP contribution in [0.3, 0.4) is 0 Å². The second-order valence-electron chi connectivity index (χ2n) is 14.3. The van der Waals surface area contributed by atoms with Gasteiger partial charge in [-0.25, -0.2) is 9.97 Å². The Morgan fingerprint density at radius 1 is 1.12 bits per heavy atom. The zero-order chi connectivity index (χ0) is 29.3. The lowest BCUT2D eigenvalue weighted by Crippen LogP contribution is -2.60. The van der Waals surface area contributed by atoms with Gasteiger partial charge in [-0.2, -0.15) is 10.2 Å². The molecule has 5 aliphatic carbocycles. The first kappa shape index (κ1) is 29.1. The highest BCUT2D eigenvalue weighted by molar-refractivity contribution is 5.53. The molecular formula is C33H47N7O2. The van der Waals surface area contributed by atoms with E-state index in [1.165, 1.54) is 32.1 Å². The van der Waals surface area contributed by atoms with Gasteiger partial charge in [0.25, 0.3) is 0 Å². The maximum Gasteiger partial charge on any atom is 0.224 e. The maximum atomic E-state index is 10.3. The predicted molar refractivity (Wildman–Crippen MR) is 163 cm³/mol. The molecule has 2 aromatic heterocycles. The summed E-state index contributed by atoms with van der Waals surface area (Å²) in [6.45, 7) is 8.38. The quantitative estimate of drug-likeness (QED) is 0.284. The number of aromatic nitrogens is 3. The number of anilines is 2. The van der Waals surface area contributed by atoms with Crippen LogP contribution in [0.5, 0.6) is 5.88 Å². The number of pyridine rings is 1. The van der Waals surface area contributed by atoms with Crippen molar-refractivity contribution >= 4 is 11.8 Å². The fraction of sp³-hybridized carbons (Fsp3) is 0.697. The molecule has 5 aliphatic rings. The van der Waals surface area contributed by atoms with Gasteiger partial charge in [0.15, 0.2) is 0 Å². The van der Waals surface area contributed by atoms with Gasteiger partial charge in [0.1, 0.15) is 17.5 Å². The summed E-state index contributed by atoms with van der Waals surface area (Å²) in [6.07, 6.45) is 13.9. The van der Waals surface area contributed by atoms with Gasteiger partial charge in [-0.3, -0.25) is 0 Å². The number of rotatable bonds is 11. The largest absolute Gasteiger partial charge is 0.475 e. The molecule has 0 saturated heterocycles. The van der Waals surface area contributed by atoms with Crippen molar-refractivity contribution in [1.82, 2.24) is 20.3 Å². The Labute approximate surface area is 250 Å². The van der Waals surface area contributed by atoms with E-state index in [2.05, 4.69) is 32.0 Å². The lowest BCUT2D eigenvalue weighted by molar-refractivity contribution is -0.0711. The molecule has 4 bridgehead atoms. The summed E-state index contributed by atoms with van der Waals surface area (Å²) >= 11 is 0. The molecule has 0 spiro atoms. The van der Waals surface area contributed by atoms with Gasteiger partial charge in [0, 0.05) is 30.9 Å². The molecule has 3 unspecified atom stereocenters. The van der Waals surface area contributed by atoms with Crippen LogP contribution in [0, 0.1) is 40.4 Å². The first-order valence-corrected chi connectivity index (χ1v) is 16.0. The summed E-state index contributed by atoms with van der Waals surface area (Å²) in [6, 6.07) is 6.77. The molecule has 0 amide bonds. The zero-order valence-electron chi connectivity index (χ0n) is 25.4. The smallest absolute Gasteiger partial charge is 0.224 e. The Morgan fingerprint density at radius 3 is 2.60 bits per heavy atom.